The summed E-state index contributed by atoms with van der Waals surface area (Å²) >= 11 is 1.50. The quantitative estimate of drug-likeness (QED) is 0.861. The van der Waals surface area contributed by atoms with Crippen LogP contribution in [0, 0.1) is 6.92 Å². The lowest BCUT2D eigenvalue weighted by molar-refractivity contribution is 0.181. The number of pyridine rings is 1. The Balaban J connectivity index is 2.11. The van der Waals surface area contributed by atoms with Gasteiger partial charge in [0.15, 0.2) is 0 Å². The van der Waals surface area contributed by atoms with Crippen molar-refractivity contribution in [3.8, 4) is 0 Å². The number of aromatic nitrogens is 2. The summed E-state index contributed by atoms with van der Waals surface area (Å²) in [5.41, 5.74) is 3.77. The highest BCUT2D eigenvalue weighted by Gasteiger charge is 2.13. The maximum Gasteiger partial charge on any atom is 0.0940 e. The summed E-state index contributed by atoms with van der Waals surface area (Å²) in [4.78, 5) is 9.02. The molecule has 0 aromatic carbocycles. The molecule has 0 aliphatic heterocycles. The number of aliphatic hydroxyl groups excluding tert-OH is 1. The third kappa shape index (κ3) is 2.40. The molecule has 0 aliphatic carbocycles. The second-order valence-electron chi connectivity index (χ2n) is 3.38. The summed E-state index contributed by atoms with van der Waals surface area (Å²) in [6, 6.07) is 3.83. The van der Waals surface area contributed by atoms with Crippen LogP contribution in [0.2, 0.25) is 0 Å². The van der Waals surface area contributed by atoms with Crippen LogP contribution in [0.5, 0.6) is 0 Å². The molecule has 0 aliphatic rings. The van der Waals surface area contributed by atoms with Crippen molar-refractivity contribution in [2.75, 3.05) is 0 Å². The second kappa shape index (κ2) is 4.51. The van der Waals surface area contributed by atoms with Crippen LogP contribution >= 0.6 is 11.3 Å². The van der Waals surface area contributed by atoms with Crippen LogP contribution in [-0.4, -0.2) is 15.1 Å². The van der Waals surface area contributed by atoms with Crippen molar-refractivity contribution in [1.82, 2.24) is 9.97 Å². The summed E-state index contributed by atoms with van der Waals surface area (Å²) in [6.07, 6.45) is 3.63. The standard InChI is InChI=1S/C11H12N2OS/c1-8-11(15-7-13-8)10(14)6-9-2-4-12-5-3-9/h2-5,7,10,14H,6H2,1H3. The minimum Gasteiger partial charge on any atom is -0.387 e. The third-order valence-electron chi connectivity index (χ3n) is 2.26. The second-order valence-corrected chi connectivity index (χ2v) is 4.26. The zero-order chi connectivity index (χ0) is 10.7. The number of aryl methyl sites for hydroxylation is 1. The van der Waals surface area contributed by atoms with E-state index >= 15 is 0 Å². The topological polar surface area (TPSA) is 46.0 Å². The van der Waals surface area contributed by atoms with Crippen molar-refractivity contribution >= 4 is 11.3 Å². The fourth-order valence-corrected chi connectivity index (χ4v) is 2.25. The van der Waals surface area contributed by atoms with Gasteiger partial charge in [0.1, 0.15) is 0 Å². The minimum atomic E-state index is -0.458. The fraction of sp³-hybridized carbons (Fsp3) is 0.273. The van der Waals surface area contributed by atoms with Gasteiger partial charge in [-0.1, -0.05) is 0 Å². The van der Waals surface area contributed by atoms with E-state index in [0.717, 1.165) is 16.1 Å². The van der Waals surface area contributed by atoms with Gasteiger partial charge in [0.05, 0.1) is 22.2 Å². The van der Waals surface area contributed by atoms with Gasteiger partial charge in [-0.05, 0) is 24.6 Å². The smallest absolute Gasteiger partial charge is 0.0940 e. The zero-order valence-corrected chi connectivity index (χ0v) is 9.24. The lowest BCUT2D eigenvalue weighted by Crippen LogP contribution is -2.01. The molecule has 15 heavy (non-hydrogen) atoms. The number of aliphatic hydroxyl groups is 1. The molecule has 2 aromatic heterocycles. The van der Waals surface area contributed by atoms with E-state index in [4.69, 9.17) is 0 Å². The largest absolute Gasteiger partial charge is 0.387 e. The van der Waals surface area contributed by atoms with E-state index in [2.05, 4.69) is 9.97 Å². The van der Waals surface area contributed by atoms with E-state index in [9.17, 15) is 5.11 Å². The van der Waals surface area contributed by atoms with Crippen LogP contribution in [-0.2, 0) is 6.42 Å². The van der Waals surface area contributed by atoms with E-state index in [1.54, 1.807) is 17.9 Å². The monoisotopic (exact) mass is 220 g/mol. The minimum absolute atomic E-state index is 0.458. The molecule has 2 rings (SSSR count). The van der Waals surface area contributed by atoms with Crippen LogP contribution < -0.4 is 0 Å². The van der Waals surface area contributed by atoms with E-state index in [1.807, 2.05) is 19.1 Å². The molecule has 1 atom stereocenters. The highest BCUT2D eigenvalue weighted by Crippen LogP contribution is 2.24. The SMILES string of the molecule is Cc1ncsc1C(O)Cc1ccncc1. The Bertz CT molecular complexity index is 427. The van der Waals surface area contributed by atoms with Crippen LogP contribution in [0.25, 0.3) is 0 Å². The Labute approximate surface area is 92.5 Å². The van der Waals surface area contributed by atoms with Crippen LogP contribution in [0.15, 0.2) is 30.0 Å². The van der Waals surface area contributed by atoms with E-state index < -0.39 is 6.10 Å². The molecule has 1 N–H and O–H groups in total. The summed E-state index contributed by atoms with van der Waals surface area (Å²) in [5.74, 6) is 0. The van der Waals surface area contributed by atoms with Crippen molar-refractivity contribution in [3.05, 3.63) is 46.2 Å². The summed E-state index contributed by atoms with van der Waals surface area (Å²) < 4.78 is 0. The lowest BCUT2D eigenvalue weighted by Gasteiger charge is -2.08. The Kier molecular flexibility index (Phi) is 3.08. The average Bonchev–Trinajstić information content (AvgIpc) is 2.66. The molecule has 2 aromatic rings. The van der Waals surface area contributed by atoms with Gasteiger partial charge in [0.25, 0.3) is 0 Å². The van der Waals surface area contributed by atoms with E-state index in [-0.39, 0.29) is 0 Å². The molecule has 4 heteroatoms. The molecule has 0 bridgehead atoms. The first-order valence-corrected chi connectivity index (χ1v) is 5.62. The molecule has 3 nitrogen and oxygen atoms in total. The van der Waals surface area contributed by atoms with Gasteiger partial charge in [-0.2, -0.15) is 0 Å². The highest BCUT2D eigenvalue weighted by molar-refractivity contribution is 7.09. The van der Waals surface area contributed by atoms with Crippen molar-refractivity contribution in [3.63, 3.8) is 0 Å². The predicted molar refractivity (Wildman–Crippen MR) is 59.8 cm³/mol. The van der Waals surface area contributed by atoms with E-state index in [0.29, 0.717) is 6.42 Å². The third-order valence-corrected chi connectivity index (χ3v) is 3.30. The van der Waals surface area contributed by atoms with Gasteiger partial charge in [0.2, 0.25) is 0 Å². The van der Waals surface area contributed by atoms with Gasteiger partial charge >= 0.3 is 0 Å². The molecule has 0 saturated carbocycles. The molecular formula is C11H12N2OS. The van der Waals surface area contributed by atoms with Crippen molar-refractivity contribution in [1.29, 1.82) is 0 Å². The van der Waals surface area contributed by atoms with Gasteiger partial charge in [-0.3, -0.25) is 4.98 Å². The van der Waals surface area contributed by atoms with Gasteiger partial charge in [-0.25, -0.2) is 4.98 Å². The summed E-state index contributed by atoms with van der Waals surface area (Å²) in [5, 5.41) is 9.99. The zero-order valence-electron chi connectivity index (χ0n) is 8.42. The first kappa shape index (κ1) is 10.3. The molecule has 1 unspecified atom stereocenters. The molecule has 0 spiro atoms. The molecule has 0 fully saturated rings. The Morgan fingerprint density at radius 2 is 2.13 bits per heavy atom. The molecule has 2 heterocycles. The fourth-order valence-electron chi connectivity index (χ4n) is 1.47. The Morgan fingerprint density at radius 3 is 2.73 bits per heavy atom. The highest BCUT2D eigenvalue weighted by atomic mass is 32.1. The number of hydrogen-bond donors (Lipinski definition) is 1. The maximum absolute atomic E-state index is 9.99. The lowest BCUT2D eigenvalue weighted by atomic mass is 10.1. The number of thiazole rings is 1. The number of hydrogen-bond acceptors (Lipinski definition) is 4. The van der Waals surface area contributed by atoms with Crippen molar-refractivity contribution in [2.45, 2.75) is 19.4 Å². The number of rotatable bonds is 3. The summed E-state index contributed by atoms with van der Waals surface area (Å²) in [6.45, 7) is 1.92. The van der Waals surface area contributed by atoms with Crippen LogP contribution in [0.1, 0.15) is 22.2 Å². The van der Waals surface area contributed by atoms with Crippen molar-refractivity contribution < 1.29 is 5.11 Å². The van der Waals surface area contributed by atoms with Gasteiger partial charge in [-0.15, -0.1) is 11.3 Å². The van der Waals surface area contributed by atoms with Gasteiger partial charge in [0, 0.05) is 18.8 Å². The first-order valence-electron chi connectivity index (χ1n) is 4.74. The molecule has 0 amide bonds. The molecule has 0 radical (unpaired) electrons. The number of nitrogens with zero attached hydrogens (tertiary/aromatic N) is 2. The maximum atomic E-state index is 9.99. The Hall–Kier alpha value is -1.26. The van der Waals surface area contributed by atoms with Gasteiger partial charge < -0.3 is 5.11 Å². The van der Waals surface area contributed by atoms with Crippen LogP contribution in [0.3, 0.4) is 0 Å². The molecule has 78 valence electrons. The normalized spacial score (nSPS) is 12.7. The molecule has 0 saturated heterocycles. The van der Waals surface area contributed by atoms with Crippen LogP contribution in [0.4, 0.5) is 0 Å². The summed E-state index contributed by atoms with van der Waals surface area (Å²) in [7, 11) is 0. The first-order chi connectivity index (χ1) is 7.27. The Morgan fingerprint density at radius 1 is 1.40 bits per heavy atom. The van der Waals surface area contributed by atoms with Crippen molar-refractivity contribution in [2.24, 2.45) is 0 Å². The van der Waals surface area contributed by atoms with E-state index in [1.165, 1.54) is 11.3 Å². The molecular weight excluding hydrogens is 208 g/mol. The predicted octanol–water partition coefficient (Wildman–Crippen LogP) is 2.12. The average molecular weight is 220 g/mol.